The van der Waals surface area contributed by atoms with Gasteiger partial charge in [0.15, 0.2) is 0 Å². The minimum absolute atomic E-state index is 0.223. The second kappa shape index (κ2) is 6.40. The van der Waals surface area contributed by atoms with Gasteiger partial charge in [-0.05, 0) is 43.0 Å². The molecule has 3 heteroatoms. The predicted molar refractivity (Wildman–Crippen MR) is 57.6 cm³/mol. The van der Waals surface area contributed by atoms with Crippen LogP contribution < -0.4 is 4.74 Å². The number of rotatable bonds is 6. The van der Waals surface area contributed by atoms with Crippen LogP contribution >= 0.6 is 0 Å². The van der Waals surface area contributed by atoms with Gasteiger partial charge >= 0.3 is 0 Å². The summed E-state index contributed by atoms with van der Waals surface area (Å²) in [5.41, 5.74) is 0.899. The van der Waals surface area contributed by atoms with Crippen molar-refractivity contribution >= 4 is 0 Å². The average molecular weight is 212 g/mol. The van der Waals surface area contributed by atoms with E-state index in [4.69, 9.17) is 9.84 Å². The van der Waals surface area contributed by atoms with Crippen molar-refractivity contribution in [1.29, 1.82) is 0 Å². The third-order valence-electron chi connectivity index (χ3n) is 2.35. The van der Waals surface area contributed by atoms with Gasteiger partial charge in [0.1, 0.15) is 11.6 Å². The Morgan fingerprint density at radius 2 is 2.07 bits per heavy atom. The van der Waals surface area contributed by atoms with Crippen molar-refractivity contribution in [3.05, 3.63) is 29.6 Å². The highest BCUT2D eigenvalue weighted by molar-refractivity contribution is 5.33. The Kier molecular flexibility index (Phi) is 5.12. The highest BCUT2D eigenvalue weighted by Gasteiger charge is 2.03. The van der Waals surface area contributed by atoms with Crippen molar-refractivity contribution in [3.8, 4) is 5.75 Å². The van der Waals surface area contributed by atoms with Gasteiger partial charge in [0.2, 0.25) is 0 Å². The van der Waals surface area contributed by atoms with E-state index < -0.39 is 0 Å². The zero-order valence-corrected chi connectivity index (χ0v) is 9.00. The second-order valence-electron chi connectivity index (χ2n) is 3.49. The van der Waals surface area contributed by atoms with Crippen LogP contribution in [0.5, 0.6) is 5.75 Å². The molecule has 0 saturated heterocycles. The van der Waals surface area contributed by atoms with Crippen molar-refractivity contribution in [2.75, 3.05) is 13.7 Å². The van der Waals surface area contributed by atoms with Crippen LogP contribution in [0.25, 0.3) is 0 Å². The molecule has 0 radical (unpaired) electrons. The Hall–Kier alpha value is -1.09. The van der Waals surface area contributed by atoms with Crippen LogP contribution in [0.2, 0.25) is 0 Å². The Balaban J connectivity index is 2.54. The maximum absolute atomic E-state index is 13.0. The first kappa shape index (κ1) is 12.0. The van der Waals surface area contributed by atoms with E-state index in [9.17, 15) is 4.39 Å². The van der Waals surface area contributed by atoms with Crippen molar-refractivity contribution in [2.45, 2.75) is 25.7 Å². The smallest absolute Gasteiger partial charge is 0.123 e. The molecule has 0 aliphatic carbocycles. The zero-order chi connectivity index (χ0) is 11.1. The van der Waals surface area contributed by atoms with Crippen LogP contribution in [-0.4, -0.2) is 18.8 Å². The molecule has 0 fully saturated rings. The van der Waals surface area contributed by atoms with Crippen LogP contribution in [0.4, 0.5) is 4.39 Å². The van der Waals surface area contributed by atoms with Gasteiger partial charge in [-0.25, -0.2) is 4.39 Å². The standard InChI is InChI=1S/C12H17FO2/c1-15-12-7-6-11(13)9-10(12)5-3-2-4-8-14/h6-7,9,14H,2-5,8H2,1H3. The summed E-state index contributed by atoms with van der Waals surface area (Å²) in [6, 6.07) is 4.56. The number of ether oxygens (including phenoxy) is 1. The maximum atomic E-state index is 13.0. The molecule has 0 aliphatic heterocycles. The zero-order valence-electron chi connectivity index (χ0n) is 9.00. The lowest BCUT2D eigenvalue weighted by molar-refractivity contribution is 0.283. The lowest BCUT2D eigenvalue weighted by Crippen LogP contribution is -1.94. The second-order valence-corrected chi connectivity index (χ2v) is 3.49. The number of benzene rings is 1. The minimum atomic E-state index is -0.229. The fraction of sp³-hybridized carbons (Fsp3) is 0.500. The van der Waals surface area contributed by atoms with Gasteiger partial charge in [-0.1, -0.05) is 6.42 Å². The van der Waals surface area contributed by atoms with Gasteiger partial charge < -0.3 is 9.84 Å². The van der Waals surface area contributed by atoms with E-state index in [0.717, 1.165) is 37.0 Å². The third kappa shape index (κ3) is 3.88. The van der Waals surface area contributed by atoms with Crippen molar-refractivity contribution in [2.24, 2.45) is 0 Å². The summed E-state index contributed by atoms with van der Waals surface area (Å²) in [5.74, 6) is 0.508. The fourth-order valence-electron chi connectivity index (χ4n) is 1.55. The summed E-state index contributed by atoms with van der Waals surface area (Å²) < 4.78 is 18.1. The van der Waals surface area contributed by atoms with Crippen molar-refractivity contribution in [1.82, 2.24) is 0 Å². The maximum Gasteiger partial charge on any atom is 0.123 e. The number of unbranched alkanes of at least 4 members (excludes halogenated alkanes) is 2. The summed E-state index contributed by atoms with van der Waals surface area (Å²) in [7, 11) is 1.59. The Bertz CT molecular complexity index is 300. The van der Waals surface area contributed by atoms with Gasteiger partial charge in [-0.2, -0.15) is 0 Å². The molecule has 0 aliphatic rings. The monoisotopic (exact) mass is 212 g/mol. The first-order valence-corrected chi connectivity index (χ1v) is 5.21. The molecule has 1 rings (SSSR count). The molecule has 0 amide bonds. The van der Waals surface area contributed by atoms with E-state index in [-0.39, 0.29) is 12.4 Å². The first-order chi connectivity index (χ1) is 7.27. The molecule has 84 valence electrons. The van der Waals surface area contributed by atoms with Crippen LogP contribution in [0.1, 0.15) is 24.8 Å². The lowest BCUT2D eigenvalue weighted by atomic mass is 10.1. The summed E-state index contributed by atoms with van der Waals surface area (Å²) in [6.45, 7) is 0.223. The number of aliphatic hydroxyl groups excluding tert-OH is 1. The Labute approximate surface area is 89.7 Å². The quantitative estimate of drug-likeness (QED) is 0.734. The largest absolute Gasteiger partial charge is 0.496 e. The van der Waals surface area contributed by atoms with Crippen LogP contribution in [0, 0.1) is 5.82 Å². The summed E-state index contributed by atoms with van der Waals surface area (Å²) in [6.07, 6.45) is 3.50. The molecule has 1 aromatic rings. The summed E-state index contributed by atoms with van der Waals surface area (Å²) >= 11 is 0. The van der Waals surface area contributed by atoms with Gasteiger partial charge in [-0.3, -0.25) is 0 Å². The average Bonchev–Trinajstić information content (AvgIpc) is 2.25. The van der Waals surface area contributed by atoms with Crippen molar-refractivity contribution in [3.63, 3.8) is 0 Å². The number of halogens is 1. The van der Waals surface area contributed by atoms with Crippen molar-refractivity contribution < 1.29 is 14.2 Å². The molecule has 0 bridgehead atoms. The normalized spacial score (nSPS) is 10.3. The highest BCUT2D eigenvalue weighted by atomic mass is 19.1. The number of hydrogen-bond acceptors (Lipinski definition) is 2. The molecule has 1 aromatic carbocycles. The first-order valence-electron chi connectivity index (χ1n) is 5.21. The number of aliphatic hydroxyl groups is 1. The molecular weight excluding hydrogens is 195 g/mol. The number of hydrogen-bond donors (Lipinski definition) is 1. The van der Waals surface area contributed by atoms with Gasteiger partial charge in [0.05, 0.1) is 7.11 Å². The SMILES string of the molecule is COc1ccc(F)cc1CCCCCO. The minimum Gasteiger partial charge on any atom is -0.496 e. The molecule has 15 heavy (non-hydrogen) atoms. The molecule has 2 nitrogen and oxygen atoms in total. The predicted octanol–water partition coefficient (Wildman–Crippen LogP) is 2.54. The van der Waals surface area contributed by atoms with E-state index in [2.05, 4.69) is 0 Å². The molecular formula is C12H17FO2. The van der Waals surface area contributed by atoms with Crippen LogP contribution in [0.3, 0.4) is 0 Å². The Morgan fingerprint density at radius 1 is 1.27 bits per heavy atom. The topological polar surface area (TPSA) is 29.5 Å². The molecule has 1 N–H and O–H groups in total. The fourth-order valence-corrected chi connectivity index (χ4v) is 1.55. The lowest BCUT2D eigenvalue weighted by Gasteiger charge is -2.07. The highest BCUT2D eigenvalue weighted by Crippen LogP contribution is 2.21. The molecule has 0 atom stereocenters. The van der Waals surface area contributed by atoms with Gasteiger partial charge in [0.25, 0.3) is 0 Å². The van der Waals surface area contributed by atoms with Gasteiger partial charge in [0, 0.05) is 6.61 Å². The summed E-state index contributed by atoms with van der Waals surface area (Å²) in [4.78, 5) is 0. The Morgan fingerprint density at radius 3 is 2.73 bits per heavy atom. The van der Waals surface area contributed by atoms with E-state index in [0.29, 0.717) is 0 Å². The molecule has 0 unspecified atom stereocenters. The van der Waals surface area contributed by atoms with E-state index in [1.54, 1.807) is 13.2 Å². The van der Waals surface area contributed by atoms with E-state index in [1.165, 1.54) is 12.1 Å². The summed E-state index contributed by atoms with van der Waals surface area (Å²) in [5, 5.41) is 8.62. The van der Waals surface area contributed by atoms with E-state index >= 15 is 0 Å². The number of methoxy groups -OCH3 is 1. The van der Waals surface area contributed by atoms with Crippen LogP contribution in [0.15, 0.2) is 18.2 Å². The van der Waals surface area contributed by atoms with Crippen LogP contribution in [-0.2, 0) is 6.42 Å². The molecule has 0 heterocycles. The molecule has 0 spiro atoms. The third-order valence-corrected chi connectivity index (χ3v) is 2.35. The molecule has 0 saturated carbocycles. The number of aryl methyl sites for hydroxylation is 1. The molecule has 0 aromatic heterocycles. The van der Waals surface area contributed by atoms with Gasteiger partial charge in [-0.15, -0.1) is 0 Å². The van der Waals surface area contributed by atoms with E-state index in [1.807, 2.05) is 0 Å².